The quantitative estimate of drug-likeness (QED) is 0.339. The topological polar surface area (TPSA) is 72.6 Å². The predicted octanol–water partition coefficient (Wildman–Crippen LogP) is 4.44. The third-order valence-electron chi connectivity index (χ3n) is 6.40. The van der Waals surface area contributed by atoms with Crippen molar-refractivity contribution in [2.45, 2.75) is 26.3 Å². The number of fused-ring (bicyclic) bond motifs is 2. The zero-order chi connectivity index (χ0) is 23.5. The molecule has 1 fully saturated rings. The van der Waals surface area contributed by atoms with Crippen molar-refractivity contribution in [3.8, 4) is 0 Å². The van der Waals surface area contributed by atoms with Crippen LogP contribution in [0.15, 0.2) is 53.3 Å². The van der Waals surface area contributed by atoms with Crippen molar-refractivity contribution >= 4 is 56.8 Å². The number of ether oxygens (including phenoxy) is 1. The van der Waals surface area contributed by atoms with E-state index in [-0.39, 0.29) is 24.6 Å². The highest BCUT2D eigenvalue weighted by Gasteiger charge is 2.21. The van der Waals surface area contributed by atoms with E-state index in [1.165, 1.54) is 19.4 Å². The molecule has 10 heteroatoms. The monoisotopic (exact) mass is 515 g/mol. The molecule has 1 saturated heterocycles. The summed E-state index contributed by atoms with van der Waals surface area (Å²) in [4.78, 5) is 30.3. The van der Waals surface area contributed by atoms with E-state index in [1.54, 1.807) is 30.6 Å². The molecule has 0 aliphatic carbocycles. The number of halogens is 1. The van der Waals surface area contributed by atoms with Gasteiger partial charge in [0.2, 0.25) is 0 Å². The molecule has 4 aromatic rings. The van der Waals surface area contributed by atoms with E-state index in [9.17, 15) is 9.59 Å². The highest BCUT2D eigenvalue weighted by atomic mass is 35.5. The van der Waals surface area contributed by atoms with Crippen LogP contribution < -0.4 is 10.5 Å². The zero-order valence-corrected chi connectivity index (χ0v) is 21.4. The van der Waals surface area contributed by atoms with Crippen LogP contribution in [-0.2, 0) is 11.3 Å². The lowest BCUT2D eigenvalue weighted by Crippen LogP contribution is -2.46. The summed E-state index contributed by atoms with van der Waals surface area (Å²) >= 11 is 1.56. The van der Waals surface area contributed by atoms with Gasteiger partial charge in [0.1, 0.15) is 5.82 Å². The minimum Gasteiger partial charge on any atom is -0.448 e. The van der Waals surface area contributed by atoms with Crippen molar-refractivity contribution in [2.75, 3.05) is 44.2 Å². The number of hydrogen-bond donors (Lipinski definition) is 0. The van der Waals surface area contributed by atoms with Crippen molar-refractivity contribution in [1.82, 2.24) is 18.6 Å². The fourth-order valence-corrected chi connectivity index (χ4v) is 5.46. The molecule has 2 aromatic heterocycles. The first-order valence-corrected chi connectivity index (χ1v) is 12.6. The van der Waals surface area contributed by atoms with Gasteiger partial charge < -0.3 is 9.64 Å². The normalized spacial score (nSPS) is 14.4. The molecule has 0 saturated carbocycles. The average molecular weight is 516 g/mol. The minimum absolute atomic E-state index is 0. The first kappa shape index (κ1) is 25.2. The maximum atomic E-state index is 12.9. The molecule has 0 unspecified atom stereocenters. The number of nitrogens with zero attached hydrogens (tertiary/aromatic N) is 5. The van der Waals surface area contributed by atoms with Crippen LogP contribution in [0.25, 0.3) is 21.0 Å². The maximum Gasteiger partial charge on any atom is 0.433 e. The second-order valence-corrected chi connectivity index (χ2v) is 9.30. The second kappa shape index (κ2) is 11.2. The Morgan fingerprint density at radius 2 is 1.66 bits per heavy atom. The molecule has 0 N–H and O–H groups in total. The molecular formula is C25H30ClN5O3S. The lowest BCUT2D eigenvalue weighted by Gasteiger charge is -2.35. The number of para-hydroxylation sites is 1. The van der Waals surface area contributed by atoms with Crippen molar-refractivity contribution in [2.24, 2.45) is 0 Å². The number of carbonyl (C=O) groups is 1. The number of rotatable bonds is 7. The Morgan fingerprint density at radius 3 is 2.43 bits per heavy atom. The summed E-state index contributed by atoms with van der Waals surface area (Å²) in [5, 5.41) is 1.78. The molecular weight excluding hydrogens is 486 g/mol. The molecule has 2 aromatic carbocycles. The van der Waals surface area contributed by atoms with E-state index in [0.717, 1.165) is 51.4 Å². The number of anilines is 1. The minimum atomic E-state index is -0.508. The Hall–Kier alpha value is -2.88. The number of aromatic nitrogens is 3. The van der Waals surface area contributed by atoms with E-state index in [2.05, 4.69) is 34.1 Å². The standard InChI is InChI=1S/C25H29N5O3S.ClH/c1-2-33-25(32)30-21-11-5-3-9-19(21)24(31)29(30)14-8-7-13-27-15-17-28(18-16-27)23-20-10-4-6-12-22(20)34-26-23;/h3-6,9-12H,2,7-8,13-18H2,1H3;1H. The summed E-state index contributed by atoms with van der Waals surface area (Å²) in [6.45, 7) is 7.40. The Kier molecular flexibility index (Phi) is 8.10. The molecule has 3 heterocycles. The van der Waals surface area contributed by atoms with E-state index in [1.807, 2.05) is 12.1 Å². The Balaban J connectivity index is 0.00000289. The first-order valence-electron chi connectivity index (χ1n) is 11.9. The van der Waals surface area contributed by atoms with Crippen molar-refractivity contribution in [3.05, 3.63) is 58.9 Å². The van der Waals surface area contributed by atoms with Gasteiger partial charge in [-0.15, -0.1) is 12.4 Å². The molecule has 0 radical (unpaired) electrons. The van der Waals surface area contributed by atoms with E-state index < -0.39 is 6.09 Å². The molecule has 5 rings (SSSR count). The molecule has 35 heavy (non-hydrogen) atoms. The number of benzene rings is 2. The molecule has 186 valence electrons. The summed E-state index contributed by atoms with van der Waals surface area (Å²) in [5.74, 6) is 1.10. The molecule has 0 atom stereocenters. The third kappa shape index (κ3) is 5.07. The van der Waals surface area contributed by atoms with Crippen LogP contribution >= 0.6 is 23.9 Å². The molecule has 0 spiro atoms. The summed E-state index contributed by atoms with van der Waals surface area (Å²) in [6.07, 6.45) is 1.26. The van der Waals surface area contributed by atoms with Gasteiger partial charge in [-0.05, 0) is 62.1 Å². The van der Waals surface area contributed by atoms with Gasteiger partial charge in [0.15, 0.2) is 0 Å². The zero-order valence-electron chi connectivity index (χ0n) is 19.8. The van der Waals surface area contributed by atoms with Crippen molar-refractivity contribution in [1.29, 1.82) is 0 Å². The fourth-order valence-electron chi connectivity index (χ4n) is 4.66. The number of hydrogen-bond acceptors (Lipinski definition) is 7. The van der Waals surface area contributed by atoms with Crippen LogP contribution in [0.4, 0.5) is 10.6 Å². The third-order valence-corrected chi connectivity index (χ3v) is 7.22. The van der Waals surface area contributed by atoms with Gasteiger partial charge in [0.05, 0.1) is 22.2 Å². The molecule has 1 aliphatic rings. The van der Waals surface area contributed by atoms with Gasteiger partial charge in [-0.3, -0.25) is 9.69 Å². The molecule has 8 nitrogen and oxygen atoms in total. The number of unbranched alkanes of at least 4 members (excludes halogenated alkanes) is 1. The van der Waals surface area contributed by atoms with E-state index in [4.69, 9.17) is 9.11 Å². The maximum absolute atomic E-state index is 12.9. The van der Waals surface area contributed by atoms with Gasteiger partial charge in [0.25, 0.3) is 5.56 Å². The van der Waals surface area contributed by atoms with Crippen LogP contribution in [0.3, 0.4) is 0 Å². The van der Waals surface area contributed by atoms with Crippen LogP contribution in [0.5, 0.6) is 0 Å². The summed E-state index contributed by atoms with van der Waals surface area (Å²) < 4.78 is 14.0. The lowest BCUT2D eigenvalue weighted by atomic mass is 10.2. The summed E-state index contributed by atoms with van der Waals surface area (Å²) in [5.41, 5.74) is 0.449. The molecule has 0 amide bonds. The molecule has 0 bridgehead atoms. The summed E-state index contributed by atoms with van der Waals surface area (Å²) in [7, 11) is 0. The van der Waals surface area contributed by atoms with Gasteiger partial charge >= 0.3 is 6.09 Å². The Morgan fingerprint density at radius 1 is 0.971 bits per heavy atom. The SMILES string of the molecule is CCOC(=O)n1c2ccccc2c(=O)n1CCCCN1CCN(c2nsc3ccccc23)CC1.Cl. The predicted molar refractivity (Wildman–Crippen MR) is 143 cm³/mol. The second-order valence-electron chi connectivity index (χ2n) is 8.49. The lowest BCUT2D eigenvalue weighted by molar-refractivity contribution is 0.146. The number of piperazine rings is 1. The van der Waals surface area contributed by atoms with Crippen LogP contribution in [0, 0.1) is 0 Å². The average Bonchev–Trinajstić information content (AvgIpc) is 3.42. The van der Waals surface area contributed by atoms with E-state index >= 15 is 0 Å². The largest absolute Gasteiger partial charge is 0.448 e. The Bertz CT molecular complexity index is 1360. The number of carbonyl (C=O) groups excluding carboxylic acids is 1. The van der Waals surface area contributed by atoms with Crippen LogP contribution in [0.1, 0.15) is 19.8 Å². The smallest absolute Gasteiger partial charge is 0.433 e. The summed E-state index contributed by atoms with van der Waals surface area (Å²) in [6, 6.07) is 15.6. The Labute approximate surface area is 214 Å². The van der Waals surface area contributed by atoms with E-state index in [0.29, 0.717) is 17.4 Å². The highest BCUT2D eigenvalue weighted by molar-refractivity contribution is 7.13. The van der Waals surface area contributed by atoms with Crippen molar-refractivity contribution in [3.63, 3.8) is 0 Å². The fraction of sp³-hybridized carbons (Fsp3) is 0.400. The molecule has 1 aliphatic heterocycles. The first-order chi connectivity index (χ1) is 16.7. The van der Waals surface area contributed by atoms with Gasteiger partial charge in [-0.2, -0.15) is 9.06 Å². The van der Waals surface area contributed by atoms with Crippen molar-refractivity contribution < 1.29 is 9.53 Å². The van der Waals surface area contributed by atoms with Crippen LogP contribution in [0.2, 0.25) is 0 Å². The highest BCUT2D eigenvalue weighted by Crippen LogP contribution is 2.29. The van der Waals surface area contributed by atoms with Gasteiger partial charge in [0, 0.05) is 38.1 Å². The van der Waals surface area contributed by atoms with Crippen LogP contribution in [-0.4, -0.2) is 64.1 Å². The van der Waals surface area contributed by atoms with Gasteiger partial charge in [-0.1, -0.05) is 24.3 Å². The van der Waals surface area contributed by atoms with Gasteiger partial charge in [-0.25, -0.2) is 9.48 Å².